The maximum absolute atomic E-state index is 13.3. The number of likely N-dealkylation sites (tertiary alicyclic amines) is 1. The molecule has 2 aromatic rings. The molecule has 0 aliphatic carbocycles. The van der Waals surface area contributed by atoms with Crippen molar-refractivity contribution < 1.29 is 18.3 Å². The molecule has 1 amide bonds. The van der Waals surface area contributed by atoms with Gasteiger partial charge in [0.1, 0.15) is 5.25 Å². The predicted molar refractivity (Wildman–Crippen MR) is 107 cm³/mol. The molecular weight excluding hydrogens is 394 g/mol. The molecule has 2 atom stereocenters. The Morgan fingerprint density at radius 3 is 2.52 bits per heavy atom. The number of hydrogen-bond acceptors (Lipinski definition) is 5. The first kappa shape index (κ1) is 20.1. The smallest absolute Gasteiger partial charge is 0.407 e. The zero-order valence-electron chi connectivity index (χ0n) is 16.9. The minimum Gasteiger partial charge on any atom is -0.465 e. The summed E-state index contributed by atoms with van der Waals surface area (Å²) in [6.45, 7) is 6.58. The Kier molecular flexibility index (Phi) is 4.81. The molecule has 0 aromatic carbocycles. The summed E-state index contributed by atoms with van der Waals surface area (Å²) in [5, 5.41) is 13.1. The van der Waals surface area contributed by atoms with Crippen LogP contribution in [0, 0.1) is 5.41 Å². The highest BCUT2D eigenvalue weighted by molar-refractivity contribution is 7.89. The molecule has 29 heavy (non-hydrogen) atoms. The Morgan fingerprint density at radius 2 is 1.90 bits per heavy atom. The first-order valence-corrected chi connectivity index (χ1v) is 11.4. The fourth-order valence-corrected chi connectivity index (χ4v) is 7.06. The number of carboxylic acid groups (broad SMARTS) is 1. The zero-order valence-corrected chi connectivity index (χ0v) is 17.7. The lowest BCUT2D eigenvalue weighted by atomic mass is 9.79. The van der Waals surface area contributed by atoms with Crippen molar-refractivity contribution >= 4 is 21.6 Å². The molecule has 9 nitrogen and oxygen atoms in total. The van der Waals surface area contributed by atoms with Gasteiger partial charge in [-0.25, -0.2) is 22.0 Å². The molecule has 2 saturated heterocycles. The quantitative estimate of drug-likeness (QED) is 0.812. The topological polar surface area (TPSA) is 108 Å². The molecule has 10 heteroatoms. The van der Waals surface area contributed by atoms with Gasteiger partial charge in [-0.2, -0.15) is 5.10 Å². The number of aromatic nitrogens is 3. The van der Waals surface area contributed by atoms with Gasteiger partial charge in [0.25, 0.3) is 0 Å². The fraction of sp³-hybridized carbons (Fsp3) is 0.632. The van der Waals surface area contributed by atoms with E-state index < -0.39 is 32.8 Å². The highest BCUT2D eigenvalue weighted by atomic mass is 32.2. The van der Waals surface area contributed by atoms with Crippen LogP contribution in [-0.2, 0) is 10.0 Å². The Morgan fingerprint density at radius 1 is 1.21 bits per heavy atom. The van der Waals surface area contributed by atoms with Gasteiger partial charge in [0, 0.05) is 37.6 Å². The Hall–Kier alpha value is -2.20. The average Bonchev–Trinajstić information content (AvgIpc) is 3.03. The number of nitrogens with zero attached hydrogens (tertiary/aromatic N) is 5. The molecule has 158 valence electrons. The molecule has 4 rings (SSSR count). The maximum atomic E-state index is 13.3. The number of carbonyl (C=O) groups is 1. The molecule has 2 fully saturated rings. The third-order valence-electron chi connectivity index (χ3n) is 6.19. The normalized spacial score (nSPS) is 24.6. The molecule has 2 aliphatic rings. The van der Waals surface area contributed by atoms with Gasteiger partial charge >= 0.3 is 6.09 Å². The van der Waals surface area contributed by atoms with E-state index in [9.17, 15) is 18.3 Å². The lowest BCUT2D eigenvalue weighted by Gasteiger charge is -2.53. The van der Waals surface area contributed by atoms with Crippen LogP contribution < -0.4 is 0 Å². The number of piperidine rings is 1. The van der Waals surface area contributed by atoms with Gasteiger partial charge in [-0.3, -0.25) is 4.98 Å². The third kappa shape index (κ3) is 3.38. The number of hydrogen-bond donors (Lipinski definition) is 1. The minimum atomic E-state index is -3.56. The van der Waals surface area contributed by atoms with Crippen LogP contribution in [0.1, 0.15) is 45.1 Å². The van der Waals surface area contributed by atoms with Crippen molar-refractivity contribution in [2.75, 3.05) is 19.6 Å². The van der Waals surface area contributed by atoms with Crippen LogP contribution in [-0.4, -0.2) is 74.3 Å². The summed E-state index contributed by atoms with van der Waals surface area (Å²) in [6, 6.07) is -0.534. The molecule has 2 unspecified atom stereocenters. The number of rotatable bonds is 3. The molecule has 1 N–H and O–H groups in total. The zero-order chi connectivity index (χ0) is 21.0. The summed E-state index contributed by atoms with van der Waals surface area (Å²) in [5.41, 5.74) is 1.61. The van der Waals surface area contributed by atoms with E-state index in [0.29, 0.717) is 25.9 Å². The highest BCUT2D eigenvalue weighted by Crippen LogP contribution is 2.40. The largest absolute Gasteiger partial charge is 0.465 e. The Balaban J connectivity index is 1.48. The second kappa shape index (κ2) is 6.94. The lowest BCUT2D eigenvalue weighted by molar-refractivity contribution is 0.0218. The number of fused-ring (bicyclic) bond motifs is 1. The van der Waals surface area contributed by atoms with Crippen molar-refractivity contribution in [3.63, 3.8) is 0 Å². The van der Waals surface area contributed by atoms with Crippen molar-refractivity contribution in [3.05, 3.63) is 30.4 Å². The SMILES string of the molecule is CC(C)(C)C1C(S(=O)(=O)N2CCC(c3cnn4ccncc34)CC2)CN1C(=O)O. The van der Waals surface area contributed by atoms with E-state index >= 15 is 0 Å². The molecule has 0 radical (unpaired) electrons. The van der Waals surface area contributed by atoms with Crippen LogP contribution in [0.15, 0.2) is 24.8 Å². The molecule has 2 aliphatic heterocycles. The van der Waals surface area contributed by atoms with Crippen LogP contribution in [0.25, 0.3) is 5.52 Å². The molecule has 2 aromatic heterocycles. The van der Waals surface area contributed by atoms with Crippen LogP contribution in [0.4, 0.5) is 4.79 Å². The fourth-order valence-electron chi connectivity index (χ4n) is 4.73. The third-order valence-corrected chi connectivity index (χ3v) is 8.45. The summed E-state index contributed by atoms with van der Waals surface area (Å²) >= 11 is 0. The monoisotopic (exact) mass is 421 g/mol. The van der Waals surface area contributed by atoms with Crippen molar-refractivity contribution in [2.45, 2.75) is 50.8 Å². The van der Waals surface area contributed by atoms with E-state index in [1.54, 1.807) is 27.4 Å². The second-order valence-electron chi connectivity index (χ2n) is 9.01. The van der Waals surface area contributed by atoms with Crippen molar-refractivity contribution in [2.24, 2.45) is 5.41 Å². The second-order valence-corrected chi connectivity index (χ2v) is 11.2. The average molecular weight is 422 g/mol. The van der Waals surface area contributed by atoms with E-state index in [1.807, 2.05) is 27.0 Å². The first-order valence-electron chi connectivity index (χ1n) is 9.86. The van der Waals surface area contributed by atoms with Crippen molar-refractivity contribution in [3.8, 4) is 0 Å². The summed E-state index contributed by atoms with van der Waals surface area (Å²) in [4.78, 5) is 16.9. The molecule has 4 heterocycles. The van der Waals surface area contributed by atoms with Gasteiger partial charge in [0.2, 0.25) is 10.0 Å². The van der Waals surface area contributed by atoms with Crippen LogP contribution in [0.2, 0.25) is 0 Å². The number of amides is 1. The van der Waals surface area contributed by atoms with E-state index in [2.05, 4.69) is 10.1 Å². The van der Waals surface area contributed by atoms with Crippen molar-refractivity contribution in [1.82, 2.24) is 23.8 Å². The molecule has 0 spiro atoms. The van der Waals surface area contributed by atoms with Crippen molar-refractivity contribution in [1.29, 1.82) is 0 Å². The Bertz CT molecular complexity index is 1020. The van der Waals surface area contributed by atoms with Crippen LogP contribution in [0.5, 0.6) is 0 Å². The number of sulfonamides is 1. The van der Waals surface area contributed by atoms with Gasteiger partial charge in [-0.15, -0.1) is 0 Å². The summed E-state index contributed by atoms with van der Waals surface area (Å²) in [5.74, 6) is 0.235. The van der Waals surface area contributed by atoms with E-state index in [0.717, 1.165) is 11.1 Å². The van der Waals surface area contributed by atoms with Gasteiger partial charge < -0.3 is 10.0 Å². The lowest BCUT2D eigenvalue weighted by Crippen LogP contribution is -2.70. The Labute approximate surface area is 170 Å². The van der Waals surface area contributed by atoms with Gasteiger partial charge in [0.05, 0.1) is 24.0 Å². The van der Waals surface area contributed by atoms with E-state index in [4.69, 9.17) is 0 Å². The summed E-state index contributed by atoms with van der Waals surface area (Å²) in [7, 11) is -3.56. The maximum Gasteiger partial charge on any atom is 0.407 e. The van der Waals surface area contributed by atoms with E-state index in [1.165, 1.54) is 4.90 Å². The summed E-state index contributed by atoms with van der Waals surface area (Å²) < 4.78 is 29.9. The van der Waals surface area contributed by atoms with Gasteiger partial charge in [-0.1, -0.05) is 20.8 Å². The standard InChI is InChI=1S/C19H27N5O4S/c1-19(2,3)17-16(12-23(17)18(25)26)29(27,28)22-7-4-13(5-8-22)14-10-21-24-9-6-20-11-15(14)24/h6,9-11,13,16-17H,4-5,7-8,12H2,1-3H3,(H,25,26). The van der Waals surface area contributed by atoms with Crippen LogP contribution in [0.3, 0.4) is 0 Å². The summed E-state index contributed by atoms with van der Waals surface area (Å²) in [6.07, 6.45) is 7.49. The van der Waals surface area contributed by atoms with E-state index in [-0.39, 0.29) is 12.5 Å². The van der Waals surface area contributed by atoms with Gasteiger partial charge in [0.15, 0.2) is 0 Å². The van der Waals surface area contributed by atoms with Crippen LogP contribution >= 0.6 is 0 Å². The van der Waals surface area contributed by atoms with Gasteiger partial charge in [-0.05, 0) is 24.2 Å². The molecule has 0 saturated carbocycles. The predicted octanol–water partition coefficient (Wildman–Crippen LogP) is 2.02. The highest BCUT2D eigenvalue weighted by Gasteiger charge is 2.55. The molecular formula is C19H27N5O4S. The molecule has 0 bridgehead atoms. The first-order chi connectivity index (χ1) is 13.6. The minimum absolute atomic E-state index is 0.0409.